The molecule has 0 aliphatic carbocycles. The van der Waals surface area contributed by atoms with Gasteiger partial charge in [0, 0.05) is 36.4 Å². The van der Waals surface area contributed by atoms with Crippen LogP contribution in [0.2, 0.25) is 0 Å². The van der Waals surface area contributed by atoms with Crippen molar-refractivity contribution in [2.45, 2.75) is 25.0 Å². The fourth-order valence-electron chi connectivity index (χ4n) is 4.52. The van der Waals surface area contributed by atoms with E-state index in [1.165, 1.54) is 12.1 Å². The van der Waals surface area contributed by atoms with Crippen LogP contribution >= 0.6 is 0 Å². The van der Waals surface area contributed by atoms with E-state index >= 15 is 0 Å². The Morgan fingerprint density at radius 2 is 2.09 bits per heavy atom. The number of fused-ring (bicyclic) bond motifs is 1. The highest BCUT2D eigenvalue weighted by Gasteiger charge is 2.43. The molecule has 1 aromatic heterocycles. The molecular formula is C23H22N4O5. The lowest BCUT2D eigenvalue weighted by Crippen LogP contribution is -2.36. The fraction of sp³-hybridized carbons (Fsp3) is 0.304. The number of methoxy groups -OCH3 is 1. The summed E-state index contributed by atoms with van der Waals surface area (Å²) in [7, 11) is 1.60. The number of carbonyl (C=O) groups excluding carboxylic acids is 1. The number of ether oxygens (including phenoxy) is 2. The van der Waals surface area contributed by atoms with Gasteiger partial charge in [0.2, 0.25) is 0 Å². The van der Waals surface area contributed by atoms with E-state index in [0.29, 0.717) is 35.9 Å². The summed E-state index contributed by atoms with van der Waals surface area (Å²) in [4.78, 5) is 26.1. The van der Waals surface area contributed by atoms with Crippen LogP contribution in [-0.4, -0.2) is 52.3 Å². The van der Waals surface area contributed by atoms with Crippen molar-refractivity contribution in [3.05, 3.63) is 75.5 Å². The van der Waals surface area contributed by atoms with Gasteiger partial charge in [0.25, 0.3) is 11.6 Å². The molecule has 1 N–H and O–H groups in total. The van der Waals surface area contributed by atoms with E-state index in [0.717, 1.165) is 24.0 Å². The summed E-state index contributed by atoms with van der Waals surface area (Å²) in [6.07, 6.45) is 1.78. The van der Waals surface area contributed by atoms with Crippen LogP contribution in [0, 0.1) is 10.1 Å². The lowest BCUT2D eigenvalue weighted by atomic mass is 9.95. The van der Waals surface area contributed by atoms with Crippen molar-refractivity contribution in [3.63, 3.8) is 0 Å². The lowest BCUT2D eigenvalue weighted by molar-refractivity contribution is -0.384. The number of nitro groups is 1. The Balaban J connectivity index is 1.62. The molecule has 3 aromatic rings. The second-order valence-corrected chi connectivity index (χ2v) is 7.94. The van der Waals surface area contributed by atoms with Crippen LogP contribution in [0.1, 0.15) is 40.5 Å². The summed E-state index contributed by atoms with van der Waals surface area (Å²) in [5, 5.41) is 18.8. The molecule has 5 rings (SSSR count). The Hall–Kier alpha value is -3.72. The van der Waals surface area contributed by atoms with E-state index in [1.54, 1.807) is 18.1 Å². The first-order chi connectivity index (χ1) is 15.6. The van der Waals surface area contributed by atoms with Crippen molar-refractivity contribution in [1.29, 1.82) is 0 Å². The van der Waals surface area contributed by atoms with Gasteiger partial charge < -0.3 is 14.4 Å². The van der Waals surface area contributed by atoms with Crippen LogP contribution in [0.3, 0.4) is 0 Å². The van der Waals surface area contributed by atoms with Gasteiger partial charge in [-0.3, -0.25) is 20.0 Å². The summed E-state index contributed by atoms with van der Waals surface area (Å²) >= 11 is 0. The molecule has 164 valence electrons. The molecule has 3 heterocycles. The number of amides is 1. The monoisotopic (exact) mass is 434 g/mol. The summed E-state index contributed by atoms with van der Waals surface area (Å²) in [5.41, 5.74) is 3.24. The maximum absolute atomic E-state index is 13.4. The van der Waals surface area contributed by atoms with E-state index in [2.05, 4.69) is 10.2 Å². The van der Waals surface area contributed by atoms with Crippen LogP contribution in [-0.2, 0) is 4.74 Å². The molecule has 1 fully saturated rings. The highest BCUT2D eigenvalue weighted by atomic mass is 16.6. The highest BCUT2D eigenvalue weighted by Crippen LogP contribution is 2.44. The standard InChI is InChI=1S/C23H22N4O5/c1-31-17-9-7-14(8-10-17)20-19-21(25-24-20)23(28)26(13-18-6-3-11-32-18)22(19)15-4-2-5-16(12-15)27(29)30/h2,4-5,7-10,12,18,22H,3,6,11,13H2,1H3,(H,24,25). The number of H-pyrrole nitrogens is 1. The van der Waals surface area contributed by atoms with Crippen molar-refractivity contribution in [1.82, 2.24) is 15.1 Å². The zero-order valence-corrected chi connectivity index (χ0v) is 17.5. The smallest absolute Gasteiger partial charge is 0.273 e. The van der Waals surface area contributed by atoms with Crippen LogP contribution in [0.25, 0.3) is 11.3 Å². The number of nitrogens with zero attached hydrogens (tertiary/aromatic N) is 3. The SMILES string of the molecule is COc1ccc(-c2n[nH]c3c2C(c2cccc([N+](=O)[O-])c2)N(CC2CCCO2)C3=O)cc1. The van der Waals surface area contributed by atoms with E-state index < -0.39 is 11.0 Å². The molecule has 1 amide bonds. The molecule has 2 unspecified atom stereocenters. The Bertz CT molecular complexity index is 1170. The predicted octanol–water partition coefficient (Wildman–Crippen LogP) is 3.72. The molecule has 0 spiro atoms. The Morgan fingerprint density at radius 3 is 2.78 bits per heavy atom. The average molecular weight is 434 g/mol. The molecule has 0 bridgehead atoms. The number of rotatable bonds is 6. The average Bonchev–Trinajstić information content (AvgIpc) is 3.53. The van der Waals surface area contributed by atoms with Gasteiger partial charge in [0.05, 0.1) is 29.9 Å². The highest BCUT2D eigenvalue weighted by molar-refractivity contribution is 6.00. The lowest BCUT2D eigenvalue weighted by Gasteiger charge is -2.28. The van der Waals surface area contributed by atoms with E-state index in [1.807, 2.05) is 30.3 Å². The fourth-order valence-corrected chi connectivity index (χ4v) is 4.52. The van der Waals surface area contributed by atoms with Gasteiger partial charge in [-0.25, -0.2) is 0 Å². The molecule has 9 heteroatoms. The quantitative estimate of drug-likeness (QED) is 0.468. The number of nitrogens with one attached hydrogen (secondary N) is 1. The van der Waals surface area contributed by atoms with Crippen LogP contribution in [0.4, 0.5) is 5.69 Å². The van der Waals surface area contributed by atoms with Gasteiger partial charge in [-0.15, -0.1) is 0 Å². The molecule has 0 saturated carbocycles. The molecule has 2 aliphatic rings. The summed E-state index contributed by atoms with van der Waals surface area (Å²) < 4.78 is 11.0. The molecule has 2 aliphatic heterocycles. The third-order valence-electron chi connectivity index (χ3n) is 6.05. The number of non-ortho nitro benzene ring substituents is 1. The maximum atomic E-state index is 13.4. The Labute approximate surface area is 184 Å². The molecule has 0 radical (unpaired) electrons. The number of aromatic nitrogens is 2. The Morgan fingerprint density at radius 1 is 1.28 bits per heavy atom. The van der Waals surface area contributed by atoms with Crippen molar-refractivity contribution in [3.8, 4) is 17.0 Å². The van der Waals surface area contributed by atoms with E-state index in [9.17, 15) is 14.9 Å². The molecule has 2 aromatic carbocycles. The van der Waals surface area contributed by atoms with Gasteiger partial charge in [0.1, 0.15) is 11.4 Å². The summed E-state index contributed by atoms with van der Waals surface area (Å²) in [5.74, 6) is 0.534. The van der Waals surface area contributed by atoms with Gasteiger partial charge in [-0.2, -0.15) is 5.10 Å². The predicted molar refractivity (Wildman–Crippen MR) is 116 cm³/mol. The first-order valence-corrected chi connectivity index (χ1v) is 10.5. The first-order valence-electron chi connectivity index (χ1n) is 10.5. The molecule has 9 nitrogen and oxygen atoms in total. The third-order valence-corrected chi connectivity index (χ3v) is 6.05. The zero-order chi connectivity index (χ0) is 22.2. The van der Waals surface area contributed by atoms with Gasteiger partial charge in [-0.1, -0.05) is 12.1 Å². The topological polar surface area (TPSA) is 111 Å². The number of nitro benzene ring substituents is 1. The van der Waals surface area contributed by atoms with Crippen molar-refractivity contribution in [2.75, 3.05) is 20.3 Å². The second-order valence-electron chi connectivity index (χ2n) is 7.94. The number of aromatic amines is 1. The minimum atomic E-state index is -0.502. The zero-order valence-electron chi connectivity index (χ0n) is 17.5. The second kappa shape index (κ2) is 8.08. The van der Waals surface area contributed by atoms with Crippen LogP contribution < -0.4 is 4.74 Å². The summed E-state index contributed by atoms with van der Waals surface area (Å²) in [6, 6.07) is 13.4. The molecule has 32 heavy (non-hydrogen) atoms. The normalized spacial score (nSPS) is 19.9. The van der Waals surface area contributed by atoms with Crippen LogP contribution in [0.5, 0.6) is 5.75 Å². The van der Waals surface area contributed by atoms with Crippen LogP contribution in [0.15, 0.2) is 48.5 Å². The number of hydrogen-bond donors (Lipinski definition) is 1. The number of carbonyl (C=O) groups is 1. The van der Waals surface area contributed by atoms with Crippen molar-refractivity contribution >= 4 is 11.6 Å². The van der Waals surface area contributed by atoms with Gasteiger partial charge in [-0.05, 0) is 42.7 Å². The van der Waals surface area contributed by atoms with Gasteiger partial charge in [0.15, 0.2) is 0 Å². The van der Waals surface area contributed by atoms with E-state index in [4.69, 9.17) is 9.47 Å². The maximum Gasteiger partial charge on any atom is 0.273 e. The minimum Gasteiger partial charge on any atom is -0.497 e. The summed E-state index contributed by atoms with van der Waals surface area (Å²) in [6.45, 7) is 1.09. The number of hydrogen-bond acceptors (Lipinski definition) is 6. The van der Waals surface area contributed by atoms with Crippen molar-refractivity contribution < 1.29 is 19.2 Å². The first kappa shape index (κ1) is 20.2. The molecular weight excluding hydrogens is 412 g/mol. The largest absolute Gasteiger partial charge is 0.497 e. The molecule has 2 atom stereocenters. The number of benzene rings is 2. The van der Waals surface area contributed by atoms with Crippen molar-refractivity contribution in [2.24, 2.45) is 0 Å². The minimum absolute atomic E-state index is 0.0186. The third kappa shape index (κ3) is 3.40. The Kier molecular flexibility index (Phi) is 5.10. The van der Waals surface area contributed by atoms with Gasteiger partial charge >= 0.3 is 0 Å². The van der Waals surface area contributed by atoms with E-state index in [-0.39, 0.29) is 17.7 Å². The molecule has 1 saturated heterocycles.